The fraction of sp³-hybridized carbons (Fsp3) is 0.462. The van der Waals surface area contributed by atoms with E-state index >= 15 is 0 Å². The Morgan fingerprint density at radius 1 is 1.44 bits per heavy atom. The third-order valence-corrected chi connectivity index (χ3v) is 3.59. The van der Waals surface area contributed by atoms with Crippen LogP contribution in [0.15, 0.2) is 34.9 Å². The van der Waals surface area contributed by atoms with Crippen molar-refractivity contribution in [3.8, 4) is 0 Å². The maximum absolute atomic E-state index is 11.1. The summed E-state index contributed by atoms with van der Waals surface area (Å²) in [4.78, 5) is 11.1. The molecule has 1 heterocycles. The van der Waals surface area contributed by atoms with Crippen molar-refractivity contribution in [1.29, 1.82) is 0 Å². The molecule has 1 fully saturated rings. The molecular weight excluding hydrogens is 204 g/mol. The molecule has 1 saturated carbocycles. The van der Waals surface area contributed by atoms with E-state index in [-0.39, 0.29) is 12.2 Å². The Morgan fingerprint density at radius 3 is 3.12 bits per heavy atom. The van der Waals surface area contributed by atoms with Crippen LogP contribution in [0.4, 0.5) is 0 Å². The summed E-state index contributed by atoms with van der Waals surface area (Å²) in [7, 11) is 0. The van der Waals surface area contributed by atoms with Crippen LogP contribution in [-0.4, -0.2) is 23.3 Å². The van der Waals surface area contributed by atoms with Gasteiger partial charge in [0.05, 0.1) is 11.7 Å². The lowest BCUT2D eigenvalue weighted by Gasteiger charge is -2.20. The fourth-order valence-corrected chi connectivity index (χ4v) is 2.83. The van der Waals surface area contributed by atoms with Gasteiger partial charge in [-0.3, -0.25) is 0 Å². The molecule has 0 saturated heterocycles. The Morgan fingerprint density at radius 2 is 2.31 bits per heavy atom. The minimum Gasteiger partial charge on any atom is -0.478 e. The molecule has 0 spiro atoms. The molecule has 84 valence electrons. The number of carbonyl (C=O) groups is 1. The molecule has 0 aromatic heterocycles. The van der Waals surface area contributed by atoms with Gasteiger partial charge in [0.2, 0.25) is 0 Å². The van der Waals surface area contributed by atoms with Gasteiger partial charge in [-0.25, -0.2) is 4.79 Å². The number of hydrogen-bond acceptors (Lipinski definition) is 2. The van der Waals surface area contributed by atoms with E-state index in [1.165, 1.54) is 18.4 Å². The number of carboxylic acids is 1. The number of fused-ring (bicyclic) bond motifs is 2. The van der Waals surface area contributed by atoms with Crippen molar-refractivity contribution in [3.63, 3.8) is 0 Å². The Bertz CT molecular complexity index is 428. The minimum atomic E-state index is -0.869. The van der Waals surface area contributed by atoms with Crippen molar-refractivity contribution in [2.75, 3.05) is 0 Å². The monoisotopic (exact) mass is 218 g/mol. The molecule has 2 aliphatic carbocycles. The van der Waals surface area contributed by atoms with Crippen LogP contribution in [-0.2, 0) is 9.53 Å². The molecule has 2 atom stereocenters. The predicted molar refractivity (Wildman–Crippen MR) is 59.0 cm³/mol. The first-order chi connectivity index (χ1) is 7.77. The van der Waals surface area contributed by atoms with Crippen LogP contribution in [0.3, 0.4) is 0 Å². The van der Waals surface area contributed by atoms with E-state index in [9.17, 15) is 4.79 Å². The molecule has 0 radical (unpaired) electrons. The number of rotatable bonds is 1. The molecular formula is C13H14O3. The van der Waals surface area contributed by atoms with Crippen LogP contribution < -0.4 is 0 Å². The van der Waals surface area contributed by atoms with E-state index in [2.05, 4.69) is 0 Å². The topological polar surface area (TPSA) is 46.5 Å². The van der Waals surface area contributed by atoms with Gasteiger partial charge in [0.15, 0.2) is 0 Å². The molecule has 3 aliphatic rings. The lowest BCUT2D eigenvalue weighted by Crippen LogP contribution is -2.23. The molecule has 3 nitrogen and oxygen atoms in total. The predicted octanol–water partition coefficient (Wildman–Crippen LogP) is 2.21. The van der Waals surface area contributed by atoms with Crippen molar-refractivity contribution in [2.45, 2.75) is 37.9 Å². The van der Waals surface area contributed by atoms with Crippen LogP contribution in [0.2, 0.25) is 0 Å². The van der Waals surface area contributed by atoms with Gasteiger partial charge < -0.3 is 9.84 Å². The first kappa shape index (κ1) is 9.85. The quantitative estimate of drug-likeness (QED) is 0.734. The molecule has 2 unspecified atom stereocenters. The van der Waals surface area contributed by atoms with Crippen LogP contribution in [0.1, 0.15) is 25.7 Å². The zero-order valence-electron chi connectivity index (χ0n) is 8.98. The van der Waals surface area contributed by atoms with Gasteiger partial charge in [-0.05, 0) is 36.5 Å². The summed E-state index contributed by atoms with van der Waals surface area (Å²) in [6, 6.07) is 0. The highest BCUT2D eigenvalue weighted by Gasteiger charge is 2.38. The van der Waals surface area contributed by atoms with Gasteiger partial charge in [0, 0.05) is 0 Å². The molecule has 1 aliphatic heterocycles. The average molecular weight is 218 g/mol. The third kappa shape index (κ3) is 1.35. The highest BCUT2D eigenvalue weighted by atomic mass is 16.5. The van der Waals surface area contributed by atoms with Crippen molar-refractivity contribution in [3.05, 3.63) is 34.9 Å². The van der Waals surface area contributed by atoms with E-state index in [4.69, 9.17) is 9.84 Å². The molecule has 0 aromatic rings. The summed E-state index contributed by atoms with van der Waals surface area (Å²) in [5, 5.41) is 9.11. The molecule has 0 amide bonds. The molecule has 16 heavy (non-hydrogen) atoms. The van der Waals surface area contributed by atoms with E-state index in [0.29, 0.717) is 5.57 Å². The molecule has 3 heteroatoms. The van der Waals surface area contributed by atoms with E-state index in [1.807, 2.05) is 12.2 Å². The zero-order valence-corrected chi connectivity index (χ0v) is 8.98. The number of ether oxygens (including phenoxy) is 1. The first-order valence-electron chi connectivity index (χ1n) is 5.77. The SMILES string of the molecule is O=C(O)C1=CC=CC2=C3CCCCC3OC12. The fourth-order valence-electron chi connectivity index (χ4n) is 2.83. The second kappa shape index (κ2) is 3.59. The molecule has 0 aromatic carbocycles. The van der Waals surface area contributed by atoms with Crippen LogP contribution in [0, 0.1) is 0 Å². The average Bonchev–Trinajstić information content (AvgIpc) is 2.67. The van der Waals surface area contributed by atoms with Gasteiger partial charge in [-0.1, -0.05) is 18.6 Å². The highest BCUT2D eigenvalue weighted by molar-refractivity contribution is 5.90. The van der Waals surface area contributed by atoms with E-state index < -0.39 is 5.97 Å². The van der Waals surface area contributed by atoms with Crippen LogP contribution >= 0.6 is 0 Å². The Hall–Kier alpha value is -1.35. The maximum Gasteiger partial charge on any atom is 0.334 e. The zero-order chi connectivity index (χ0) is 11.1. The van der Waals surface area contributed by atoms with Crippen molar-refractivity contribution in [1.82, 2.24) is 0 Å². The van der Waals surface area contributed by atoms with Crippen LogP contribution in [0.25, 0.3) is 0 Å². The molecule has 1 N–H and O–H groups in total. The van der Waals surface area contributed by atoms with Gasteiger partial charge in [0.1, 0.15) is 6.10 Å². The van der Waals surface area contributed by atoms with E-state index in [0.717, 1.165) is 18.4 Å². The summed E-state index contributed by atoms with van der Waals surface area (Å²) >= 11 is 0. The van der Waals surface area contributed by atoms with Crippen molar-refractivity contribution >= 4 is 5.97 Å². The van der Waals surface area contributed by atoms with Gasteiger partial charge >= 0.3 is 5.97 Å². The number of hydrogen-bond donors (Lipinski definition) is 1. The highest BCUT2D eigenvalue weighted by Crippen LogP contribution is 2.41. The normalized spacial score (nSPS) is 32.1. The molecule has 3 rings (SSSR count). The smallest absolute Gasteiger partial charge is 0.334 e. The number of carboxylic acid groups (broad SMARTS) is 1. The maximum atomic E-state index is 11.1. The Labute approximate surface area is 94.1 Å². The first-order valence-corrected chi connectivity index (χ1v) is 5.77. The lowest BCUT2D eigenvalue weighted by atomic mass is 9.87. The lowest BCUT2D eigenvalue weighted by molar-refractivity contribution is -0.134. The number of allylic oxidation sites excluding steroid dienone is 2. The summed E-state index contributed by atoms with van der Waals surface area (Å²) in [6.45, 7) is 0. The summed E-state index contributed by atoms with van der Waals surface area (Å²) in [5.74, 6) is -0.869. The number of aliphatic carboxylic acids is 1. The van der Waals surface area contributed by atoms with Gasteiger partial charge in [-0.2, -0.15) is 0 Å². The Balaban J connectivity index is 2.00. The summed E-state index contributed by atoms with van der Waals surface area (Å²) in [6.07, 6.45) is 9.81. The summed E-state index contributed by atoms with van der Waals surface area (Å²) in [5.41, 5.74) is 2.81. The van der Waals surface area contributed by atoms with Gasteiger partial charge in [0.25, 0.3) is 0 Å². The third-order valence-electron chi connectivity index (χ3n) is 3.59. The standard InChI is InChI=1S/C13H14O3/c14-13(15)10-6-3-5-9-8-4-1-2-7-11(8)16-12(9)10/h3,5-6,11-12H,1-2,4,7H2,(H,14,15). The Kier molecular flexibility index (Phi) is 2.21. The molecule has 0 bridgehead atoms. The second-order valence-corrected chi connectivity index (χ2v) is 4.52. The van der Waals surface area contributed by atoms with Crippen molar-refractivity contribution in [2.24, 2.45) is 0 Å². The largest absolute Gasteiger partial charge is 0.478 e. The van der Waals surface area contributed by atoms with E-state index in [1.54, 1.807) is 6.08 Å². The van der Waals surface area contributed by atoms with Gasteiger partial charge in [-0.15, -0.1) is 0 Å². The summed E-state index contributed by atoms with van der Waals surface area (Å²) < 4.78 is 5.87. The van der Waals surface area contributed by atoms with Crippen molar-refractivity contribution < 1.29 is 14.6 Å². The second-order valence-electron chi connectivity index (χ2n) is 4.52. The minimum absolute atomic E-state index is 0.166. The van der Waals surface area contributed by atoms with Crippen LogP contribution in [0.5, 0.6) is 0 Å².